The van der Waals surface area contributed by atoms with Crippen LogP contribution >= 0.6 is 11.8 Å². The maximum atomic E-state index is 5.97. The third-order valence-electron chi connectivity index (χ3n) is 8.85. The van der Waals surface area contributed by atoms with Crippen molar-refractivity contribution in [2.24, 2.45) is 50.4 Å². The van der Waals surface area contributed by atoms with Gasteiger partial charge in [-0.2, -0.15) is 5.10 Å². The first-order chi connectivity index (χ1) is 11.5. The third kappa shape index (κ3) is 1.98. The highest BCUT2D eigenvalue weighted by Gasteiger charge is 2.61. The van der Waals surface area contributed by atoms with Gasteiger partial charge in [0.25, 0.3) is 0 Å². The van der Waals surface area contributed by atoms with E-state index in [1.54, 1.807) is 11.8 Å². The maximum Gasteiger partial charge on any atom is 0.181 e. The lowest BCUT2D eigenvalue weighted by Gasteiger charge is -2.59. The summed E-state index contributed by atoms with van der Waals surface area (Å²) in [7, 11) is 0. The van der Waals surface area contributed by atoms with Crippen LogP contribution in [0.15, 0.2) is 10.2 Å². The van der Waals surface area contributed by atoms with Crippen molar-refractivity contribution in [3.63, 3.8) is 0 Å². The lowest BCUT2D eigenvalue weighted by molar-refractivity contribution is -0.0935. The van der Waals surface area contributed by atoms with Gasteiger partial charge in [-0.25, -0.2) is 0 Å². The van der Waals surface area contributed by atoms with E-state index in [2.05, 4.69) is 24.1 Å². The van der Waals surface area contributed by atoms with Crippen LogP contribution in [0, 0.1) is 34.5 Å². The summed E-state index contributed by atoms with van der Waals surface area (Å²) in [5.41, 5.74) is 8.26. The molecule has 0 amide bonds. The fourth-order valence-electron chi connectivity index (χ4n) is 7.63. The smallest absolute Gasteiger partial charge is 0.181 e. The number of nitrogens with zero attached hydrogens (tertiary/aromatic N) is 2. The molecule has 0 saturated heterocycles. The summed E-state index contributed by atoms with van der Waals surface area (Å²) in [6.45, 7) is 5.16. The molecule has 4 aliphatic carbocycles. The highest BCUT2D eigenvalue weighted by molar-refractivity contribution is 8.15. The first kappa shape index (κ1) is 15.7. The lowest BCUT2D eigenvalue weighted by atomic mass is 9.45. The van der Waals surface area contributed by atoms with Crippen LogP contribution in [-0.2, 0) is 0 Å². The number of thioether (sulfide) groups is 1. The molecule has 0 radical (unpaired) electrons. The number of amidine groups is 1. The Labute approximate surface area is 150 Å². The molecule has 4 saturated carbocycles. The summed E-state index contributed by atoms with van der Waals surface area (Å²) in [4.78, 5) is 0. The molecule has 132 valence electrons. The molecule has 1 heterocycles. The molecule has 4 heteroatoms. The molecule has 0 aromatic heterocycles. The van der Waals surface area contributed by atoms with E-state index in [4.69, 9.17) is 5.73 Å². The summed E-state index contributed by atoms with van der Waals surface area (Å²) in [6.07, 6.45) is 12.9. The molecule has 2 N–H and O–H groups in total. The summed E-state index contributed by atoms with van der Waals surface area (Å²) in [5.74, 6) is 3.69. The zero-order chi connectivity index (χ0) is 16.5. The molecule has 1 unspecified atom stereocenters. The average molecular weight is 346 g/mol. The third-order valence-corrected chi connectivity index (χ3v) is 9.87. The van der Waals surface area contributed by atoms with E-state index in [0.29, 0.717) is 21.2 Å². The van der Waals surface area contributed by atoms with Gasteiger partial charge in [0.05, 0.1) is 11.0 Å². The molecular weight excluding hydrogens is 314 g/mol. The van der Waals surface area contributed by atoms with Crippen molar-refractivity contribution in [1.29, 1.82) is 0 Å². The minimum absolute atomic E-state index is 0.293. The number of rotatable bonds is 0. The summed E-state index contributed by atoms with van der Waals surface area (Å²) in [5, 5.41) is 10.0. The Kier molecular flexibility index (Phi) is 3.44. The van der Waals surface area contributed by atoms with Gasteiger partial charge in [-0.1, -0.05) is 38.5 Å². The van der Waals surface area contributed by atoms with E-state index in [-0.39, 0.29) is 0 Å². The second-order valence-electron chi connectivity index (χ2n) is 9.62. The predicted molar refractivity (Wildman–Crippen MR) is 102 cm³/mol. The fraction of sp³-hybridized carbons (Fsp3) is 0.900. The van der Waals surface area contributed by atoms with Crippen LogP contribution in [-0.4, -0.2) is 16.1 Å². The quantitative estimate of drug-likeness (QED) is 0.684. The van der Waals surface area contributed by atoms with E-state index in [1.807, 2.05) is 0 Å². The van der Waals surface area contributed by atoms with E-state index in [0.717, 1.165) is 23.7 Å². The zero-order valence-corrected chi connectivity index (χ0v) is 15.9. The van der Waals surface area contributed by atoms with Crippen molar-refractivity contribution in [2.45, 2.75) is 76.9 Å². The van der Waals surface area contributed by atoms with Gasteiger partial charge in [-0.05, 0) is 74.0 Å². The Balaban J connectivity index is 1.48. The number of nitrogens with two attached hydrogens (primary N) is 1. The highest BCUT2D eigenvalue weighted by Crippen LogP contribution is 2.66. The van der Waals surface area contributed by atoms with Crippen molar-refractivity contribution in [1.82, 2.24) is 0 Å². The highest BCUT2D eigenvalue weighted by atomic mass is 32.2. The Bertz CT molecular complexity index is 614. The van der Waals surface area contributed by atoms with Crippen molar-refractivity contribution in [3.05, 3.63) is 0 Å². The number of hydrogen-bond donors (Lipinski definition) is 1. The summed E-state index contributed by atoms with van der Waals surface area (Å²) >= 11 is 1.78. The SMILES string of the molecule is C[C@]12CCCC[C@@H]1CC[C@@H]1[C@@H]2CC[C@]2(C)C3=NN=C(N)SC3C[C@@H]12. The Morgan fingerprint density at radius 2 is 1.88 bits per heavy atom. The molecule has 1 aliphatic heterocycles. The zero-order valence-electron chi connectivity index (χ0n) is 15.1. The molecule has 4 fully saturated rings. The van der Waals surface area contributed by atoms with Crippen LogP contribution in [0.1, 0.15) is 71.6 Å². The Morgan fingerprint density at radius 1 is 1.00 bits per heavy atom. The van der Waals surface area contributed by atoms with Gasteiger partial charge in [0, 0.05) is 5.41 Å². The van der Waals surface area contributed by atoms with E-state index >= 15 is 0 Å². The van der Waals surface area contributed by atoms with Crippen LogP contribution in [0.25, 0.3) is 0 Å². The predicted octanol–water partition coefficient (Wildman–Crippen LogP) is 4.82. The lowest BCUT2D eigenvalue weighted by Crippen LogP contribution is -2.52. The topological polar surface area (TPSA) is 50.7 Å². The minimum Gasteiger partial charge on any atom is -0.377 e. The monoisotopic (exact) mass is 345 g/mol. The second-order valence-corrected chi connectivity index (χ2v) is 10.8. The average Bonchev–Trinajstić information content (AvgIpc) is 2.86. The molecule has 0 bridgehead atoms. The molecule has 5 rings (SSSR count). The molecule has 0 aromatic rings. The molecule has 3 nitrogen and oxygen atoms in total. The standard InChI is InChI=1S/C20H31N3S/c1-19-9-4-3-5-12(19)6-7-13-14(19)8-10-20(2)15(13)11-16-17(20)22-23-18(21)24-16/h12-16H,3-11H2,1-2H3,(H2,21,23)/t12-,13-,14+,15+,16?,19+,20+/m1/s1. The summed E-state index contributed by atoms with van der Waals surface area (Å²) in [6, 6.07) is 0. The fourth-order valence-corrected chi connectivity index (χ4v) is 8.74. The van der Waals surface area contributed by atoms with Crippen molar-refractivity contribution < 1.29 is 0 Å². The number of hydrogen-bond acceptors (Lipinski definition) is 4. The normalized spacial score (nSPS) is 53.2. The van der Waals surface area contributed by atoms with Gasteiger partial charge in [0.2, 0.25) is 0 Å². The van der Waals surface area contributed by atoms with Crippen molar-refractivity contribution in [2.75, 3.05) is 0 Å². The van der Waals surface area contributed by atoms with E-state index in [9.17, 15) is 0 Å². The van der Waals surface area contributed by atoms with Crippen molar-refractivity contribution >= 4 is 22.6 Å². The first-order valence-corrected chi connectivity index (χ1v) is 11.0. The molecule has 0 aromatic carbocycles. The van der Waals surface area contributed by atoms with Gasteiger partial charge in [0.1, 0.15) is 0 Å². The van der Waals surface area contributed by atoms with E-state index in [1.165, 1.54) is 63.5 Å². The summed E-state index contributed by atoms with van der Waals surface area (Å²) < 4.78 is 0. The van der Waals surface area contributed by atoms with Gasteiger partial charge >= 0.3 is 0 Å². The minimum atomic E-state index is 0.293. The maximum absolute atomic E-state index is 5.97. The van der Waals surface area contributed by atoms with Gasteiger partial charge in [-0.15, -0.1) is 5.10 Å². The molecule has 24 heavy (non-hydrogen) atoms. The molecular formula is C20H31N3S. The van der Waals surface area contributed by atoms with E-state index < -0.39 is 0 Å². The van der Waals surface area contributed by atoms with Crippen LogP contribution < -0.4 is 5.73 Å². The van der Waals surface area contributed by atoms with Crippen LogP contribution in [0.2, 0.25) is 0 Å². The molecule has 7 atom stereocenters. The van der Waals surface area contributed by atoms with Gasteiger partial charge < -0.3 is 5.73 Å². The van der Waals surface area contributed by atoms with Crippen LogP contribution in [0.3, 0.4) is 0 Å². The Hall–Kier alpha value is -0.510. The molecule has 0 spiro atoms. The van der Waals surface area contributed by atoms with Crippen molar-refractivity contribution in [3.8, 4) is 0 Å². The Morgan fingerprint density at radius 3 is 2.75 bits per heavy atom. The van der Waals surface area contributed by atoms with Gasteiger partial charge in [-0.3, -0.25) is 0 Å². The number of fused-ring (bicyclic) bond motifs is 7. The second kappa shape index (κ2) is 5.25. The largest absolute Gasteiger partial charge is 0.377 e. The van der Waals surface area contributed by atoms with Gasteiger partial charge in [0.15, 0.2) is 5.17 Å². The molecule has 5 aliphatic rings. The van der Waals surface area contributed by atoms with Crippen LogP contribution in [0.5, 0.6) is 0 Å². The van der Waals surface area contributed by atoms with Crippen LogP contribution in [0.4, 0.5) is 0 Å². The first-order valence-electron chi connectivity index (χ1n) is 10.1.